The van der Waals surface area contributed by atoms with E-state index in [2.05, 4.69) is 4.98 Å². The highest BCUT2D eigenvalue weighted by Crippen LogP contribution is 2.10. The Morgan fingerprint density at radius 1 is 1.64 bits per heavy atom. The number of H-pyrrole nitrogens is 1. The lowest BCUT2D eigenvalue weighted by molar-refractivity contribution is 0.0996. The van der Waals surface area contributed by atoms with E-state index in [1.165, 1.54) is 0 Å². The summed E-state index contributed by atoms with van der Waals surface area (Å²) >= 11 is 0. The zero-order chi connectivity index (χ0) is 8.43. The lowest BCUT2D eigenvalue weighted by atomic mass is 10.1. The smallest absolute Gasteiger partial charge is 0.192 e. The van der Waals surface area contributed by atoms with Gasteiger partial charge in [0.1, 0.15) is 0 Å². The number of ketones is 1. The Bertz CT molecular complexity index is 276. The van der Waals surface area contributed by atoms with Gasteiger partial charge < -0.3 is 10.7 Å². The third-order valence-electron chi connectivity index (χ3n) is 1.86. The molecule has 0 bridgehead atoms. The van der Waals surface area contributed by atoms with Gasteiger partial charge in [-0.1, -0.05) is 0 Å². The first-order valence-electron chi connectivity index (χ1n) is 3.54. The Morgan fingerprint density at radius 3 is 2.64 bits per heavy atom. The Labute approximate surface area is 65.6 Å². The number of carbonyl (C=O) groups excluding carboxylic acids is 1. The van der Waals surface area contributed by atoms with Crippen molar-refractivity contribution in [2.75, 3.05) is 6.54 Å². The second-order valence-corrected chi connectivity index (χ2v) is 2.60. The van der Waals surface area contributed by atoms with Gasteiger partial charge in [-0.2, -0.15) is 0 Å². The van der Waals surface area contributed by atoms with E-state index >= 15 is 0 Å². The topological polar surface area (TPSA) is 58.9 Å². The molecule has 0 radical (unpaired) electrons. The number of aromatic amines is 1. The molecule has 1 heterocycles. The molecule has 0 aliphatic rings. The highest BCUT2D eigenvalue weighted by molar-refractivity contribution is 5.97. The van der Waals surface area contributed by atoms with Crippen molar-refractivity contribution < 1.29 is 4.79 Å². The maximum atomic E-state index is 11.1. The van der Waals surface area contributed by atoms with Crippen LogP contribution < -0.4 is 5.73 Å². The summed E-state index contributed by atoms with van der Waals surface area (Å²) in [7, 11) is 0. The van der Waals surface area contributed by atoms with Crippen LogP contribution in [-0.4, -0.2) is 17.3 Å². The highest BCUT2D eigenvalue weighted by Gasteiger charge is 2.09. The summed E-state index contributed by atoms with van der Waals surface area (Å²) in [5.41, 5.74) is 7.96. The number of hydrogen-bond donors (Lipinski definition) is 2. The predicted molar refractivity (Wildman–Crippen MR) is 43.7 cm³/mol. The fourth-order valence-electron chi connectivity index (χ4n) is 0.986. The number of nitrogens with two attached hydrogens (primary N) is 1. The number of nitrogens with one attached hydrogen (secondary N) is 1. The summed E-state index contributed by atoms with van der Waals surface area (Å²) in [6, 6.07) is 0. The minimum Gasteiger partial charge on any atom is -0.358 e. The van der Waals surface area contributed by atoms with Crippen molar-refractivity contribution in [2.24, 2.45) is 5.73 Å². The largest absolute Gasteiger partial charge is 0.358 e. The number of rotatable bonds is 2. The second kappa shape index (κ2) is 2.88. The molecule has 3 N–H and O–H groups in total. The molecule has 0 atom stereocenters. The first-order valence-corrected chi connectivity index (χ1v) is 3.54. The van der Waals surface area contributed by atoms with Crippen LogP contribution in [0.5, 0.6) is 0 Å². The summed E-state index contributed by atoms with van der Waals surface area (Å²) in [5.74, 6) is -0.0319. The molecule has 0 spiro atoms. The molecular formula is C8H12N2O. The van der Waals surface area contributed by atoms with E-state index in [-0.39, 0.29) is 12.3 Å². The Kier molecular flexibility index (Phi) is 2.10. The third-order valence-corrected chi connectivity index (χ3v) is 1.86. The van der Waals surface area contributed by atoms with Gasteiger partial charge in [0.15, 0.2) is 5.78 Å². The molecular weight excluding hydrogens is 140 g/mol. The first-order chi connectivity index (χ1) is 5.16. The molecule has 0 saturated carbocycles. The minimum atomic E-state index is -0.0319. The summed E-state index contributed by atoms with van der Waals surface area (Å²) in [5, 5.41) is 0. The van der Waals surface area contributed by atoms with Crippen molar-refractivity contribution >= 4 is 5.78 Å². The molecule has 0 aliphatic heterocycles. The van der Waals surface area contributed by atoms with E-state index < -0.39 is 0 Å². The van der Waals surface area contributed by atoms with Crippen LogP contribution >= 0.6 is 0 Å². The predicted octanol–water partition coefficient (Wildman–Crippen LogP) is 0.773. The molecule has 1 aromatic heterocycles. The van der Waals surface area contributed by atoms with Crippen LogP contribution in [0.2, 0.25) is 0 Å². The Hall–Kier alpha value is -1.09. The van der Waals surface area contributed by atoms with Crippen molar-refractivity contribution in [1.82, 2.24) is 4.98 Å². The summed E-state index contributed by atoms with van der Waals surface area (Å²) in [4.78, 5) is 14.0. The van der Waals surface area contributed by atoms with Crippen molar-refractivity contribution in [1.29, 1.82) is 0 Å². The average molecular weight is 152 g/mol. The Balaban J connectivity index is 3.04. The molecule has 0 aromatic carbocycles. The zero-order valence-corrected chi connectivity index (χ0v) is 6.77. The van der Waals surface area contributed by atoms with Gasteiger partial charge >= 0.3 is 0 Å². The quantitative estimate of drug-likeness (QED) is 0.615. The first kappa shape index (κ1) is 8.01. The third kappa shape index (κ3) is 1.33. The molecule has 0 unspecified atom stereocenters. The summed E-state index contributed by atoms with van der Waals surface area (Å²) < 4.78 is 0. The van der Waals surface area contributed by atoms with Crippen LogP contribution in [0.3, 0.4) is 0 Å². The summed E-state index contributed by atoms with van der Waals surface area (Å²) in [6.07, 6.45) is 1.82. The van der Waals surface area contributed by atoms with Crippen LogP contribution in [0.25, 0.3) is 0 Å². The number of hydrogen-bond acceptors (Lipinski definition) is 2. The van der Waals surface area contributed by atoms with E-state index in [1.54, 1.807) is 0 Å². The van der Waals surface area contributed by atoms with Crippen molar-refractivity contribution in [2.45, 2.75) is 13.8 Å². The van der Waals surface area contributed by atoms with Gasteiger partial charge in [-0.05, 0) is 25.0 Å². The van der Waals surface area contributed by atoms with Crippen LogP contribution in [0, 0.1) is 13.8 Å². The van der Waals surface area contributed by atoms with Crippen molar-refractivity contribution in [3.05, 3.63) is 23.0 Å². The van der Waals surface area contributed by atoms with Crippen molar-refractivity contribution in [3.8, 4) is 0 Å². The molecule has 0 fully saturated rings. The van der Waals surface area contributed by atoms with Gasteiger partial charge in [0.25, 0.3) is 0 Å². The maximum absolute atomic E-state index is 11.1. The van der Waals surface area contributed by atoms with Crippen LogP contribution in [0.1, 0.15) is 21.6 Å². The molecule has 3 heteroatoms. The molecule has 1 aromatic rings. The van der Waals surface area contributed by atoms with Crippen LogP contribution in [0.15, 0.2) is 6.20 Å². The maximum Gasteiger partial charge on any atom is 0.192 e. The number of carbonyl (C=O) groups is 1. The molecule has 3 nitrogen and oxygen atoms in total. The van der Waals surface area contributed by atoms with Gasteiger partial charge in [0, 0.05) is 6.20 Å². The average Bonchev–Trinajstić information content (AvgIpc) is 2.32. The standard InChI is InChI=1S/C8H12N2O/c1-5-4-10-8(6(5)2)7(11)3-9/h4,10H,3,9H2,1-2H3. The van der Waals surface area contributed by atoms with Gasteiger partial charge in [-0.15, -0.1) is 0 Å². The fraction of sp³-hybridized carbons (Fsp3) is 0.375. The lowest BCUT2D eigenvalue weighted by Crippen LogP contribution is -2.14. The highest BCUT2D eigenvalue weighted by atomic mass is 16.1. The normalized spacial score (nSPS) is 10.1. The lowest BCUT2D eigenvalue weighted by Gasteiger charge is -1.95. The van der Waals surface area contributed by atoms with Gasteiger partial charge in [0.05, 0.1) is 12.2 Å². The summed E-state index contributed by atoms with van der Waals surface area (Å²) in [6.45, 7) is 3.94. The molecule has 0 amide bonds. The van der Waals surface area contributed by atoms with Crippen LogP contribution in [-0.2, 0) is 0 Å². The van der Waals surface area contributed by atoms with Crippen molar-refractivity contribution in [3.63, 3.8) is 0 Å². The van der Waals surface area contributed by atoms with Gasteiger partial charge in [-0.25, -0.2) is 0 Å². The molecule has 1 rings (SSSR count). The Morgan fingerprint density at radius 2 is 2.27 bits per heavy atom. The molecule has 11 heavy (non-hydrogen) atoms. The monoisotopic (exact) mass is 152 g/mol. The SMILES string of the molecule is Cc1c[nH]c(C(=O)CN)c1C. The fourth-order valence-corrected chi connectivity index (χ4v) is 0.986. The zero-order valence-electron chi connectivity index (χ0n) is 6.77. The molecule has 0 aliphatic carbocycles. The molecule has 60 valence electrons. The van der Waals surface area contributed by atoms with E-state index in [0.717, 1.165) is 11.1 Å². The van der Waals surface area contributed by atoms with E-state index in [4.69, 9.17) is 5.73 Å². The van der Waals surface area contributed by atoms with Gasteiger partial charge in [-0.3, -0.25) is 4.79 Å². The van der Waals surface area contributed by atoms with E-state index in [1.807, 2.05) is 20.0 Å². The number of Topliss-reactive ketones (excluding diaryl/α,β-unsaturated/α-hetero) is 1. The second-order valence-electron chi connectivity index (χ2n) is 2.60. The van der Waals surface area contributed by atoms with Gasteiger partial charge in [0.2, 0.25) is 0 Å². The minimum absolute atomic E-state index is 0.0319. The number of aromatic nitrogens is 1. The molecule has 0 saturated heterocycles. The van der Waals surface area contributed by atoms with Crippen LogP contribution in [0.4, 0.5) is 0 Å². The number of aryl methyl sites for hydroxylation is 1. The van der Waals surface area contributed by atoms with E-state index in [0.29, 0.717) is 5.69 Å². The van der Waals surface area contributed by atoms with E-state index in [9.17, 15) is 4.79 Å².